The van der Waals surface area contributed by atoms with Crippen LogP contribution in [0.25, 0.3) is 0 Å². The van der Waals surface area contributed by atoms with Gasteiger partial charge in [-0.05, 0) is 24.8 Å². The zero-order chi connectivity index (χ0) is 15.3. The molecule has 1 N–H and O–H groups in total. The quantitative estimate of drug-likeness (QED) is 0.853. The van der Waals surface area contributed by atoms with Crippen LogP contribution in [0, 0.1) is 5.92 Å². The predicted molar refractivity (Wildman–Crippen MR) is 73.9 cm³/mol. The molecule has 0 radical (unpaired) electrons. The molecule has 2 nitrogen and oxygen atoms in total. The number of para-hydroxylation sites is 1. The van der Waals surface area contributed by atoms with Crippen LogP contribution < -0.4 is 4.74 Å². The summed E-state index contributed by atoms with van der Waals surface area (Å²) in [6.45, 7) is 0. The van der Waals surface area contributed by atoms with E-state index in [0.717, 1.165) is 38.5 Å². The molecule has 0 aliphatic heterocycles. The van der Waals surface area contributed by atoms with Crippen LogP contribution in [-0.4, -0.2) is 11.5 Å². The predicted octanol–water partition coefficient (Wildman–Crippen LogP) is 4.98. The summed E-state index contributed by atoms with van der Waals surface area (Å²) >= 11 is 0. The molecular weight excluding hydrogens is 281 g/mol. The minimum absolute atomic E-state index is 0.00304. The maximum absolute atomic E-state index is 12.4. The first-order valence-electron chi connectivity index (χ1n) is 7.50. The first kappa shape index (κ1) is 16.1. The molecular formula is C16H21F3O2. The van der Waals surface area contributed by atoms with Crippen molar-refractivity contribution in [2.24, 2.45) is 5.92 Å². The summed E-state index contributed by atoms with van der Waals surface area (Å²) in [5.41, 5.74) is 0.236. The molecule has 1 aliphatic carbocycles. The molecule has 118 valence electrons. The monoisotopic (exact) mass is 302 g/mol. The van der Waals surface area contributed by atoms with Gasteiger partial charge in [-0.25, -0.2) is 0 Å². The number of rotatable bonds is 3. The van der Waals surface area contributed by atoms with Gasteiger partial charge < -0.3 is 9.84 Å². The third-order valence-electron chi connectivity index (χ3n) is 4.06. The fraction of sp³-hybridized carbons (Fsp3) is 0.625. The van der Waals surface area contributed by atoms with E-state index in [4.69, 9.17) is 0 Å². The largest absolute Gasteiger partial charge is 0.573 e. The molecule has 1 aromatic rings. The molecule has 5 heteroatoms. The zero-order valence-electron chi connectivity index (χ0n) is 11.9. The van der Waals surface area contributed by atoms with Crippen molar-refractivity contribution in [3.05, 3.63) is 29.8 Å². The van der Waals surface area contributed by atoms with Gasteiger partial charge in [-0.3, -0.25) is 0 Å². The molecule has 2 rings (SSSR count). The highest BCUT2D eigenvalue weighted by atomic mass is 19.4. The lowest BCUT2D eigenvalue weighted by Gasteiger charge is -2.26. The number of aliphatic hydroxyl groups is 1. The summed E-state index contributed by atoms with van der Waals surface area (Å²) in [6.07, 6.45) is 1.56. The summed E-state index contributed by atoms with van der Waals surface area (Å²) in [5.74, 6) is -0.289. The molecule has 1 saturated carbocycles. The molecule has 1 unspecified atom stereocenters. The number of hydrogen-bond acceptors (Lipinski definition) is 2. The van der Waals surface area contributed by atoms with Crippen LogP contribution in [0.1, 0.15) is 56.6 Å². The number of alkyl halides is 3. The van der Waals surface area contributed by atoms with Gasteiger partial charge in [0.25, 0.3) is 0 Å². The van der Waals surface area contributed by atoms with Crippen molar-refractivity contribution in [3.8, 4) is 5.75 Å². The van der Waals surface area contributed by atoms with Gasteiger partial charge in [-0.15, -0.1) is 13.2 Å². The molecule has 1 aliphatic rings. The van der Waals surface area contributed by atoms with Gasteiger partial charge in [-0.2, -0.15) is 0 Å². The minimum atomic E-state index is -4.74. The second-order valence-corrected chi connectivity index (χ2v) is 5.64. The third kappa shape index (κ3) is 4.92. The molecule has 1 fully saturated rings. The number of aliphatic hydroxyl groups excluding tert-OH is 1. The third-order valence-corrected chi connectivity index (χ3v) is 4.06. The molecule has 1 aromatic carbocycles. The SMILES string of the molecule is OC(c1ccccc1OC(F)(F)F)C1CCCCCCC1. The average molecular weight is 302 g/mol. The first-order valence-corrected chi connectivity index (χ1v) is 7.50. The Hall–Kier alpha value is -1.23. The zero-order valence-corrected chi connectivity index (χ0v) is 11.9. The van der Waals surface area contributed by atoms with Crippen molar-refractivity contribution in [3.63, 3.8) is 0 Å². The molecule has 0 heterocycles. The van der Waals surface area contributed by atoms with Crippen LogP contribution in [0.3, 0.4) is 0 Å². The van der Waals surface area contributed by atoms with Gasteiger partial charge in [0, 0.05) is 5.56 Å². The Balaban J connectivity index is 2.15. The number of ether oxygens (including phenoxy) is 1. The van der Waals surface area contributed by atoms with Gasteiger partial charge in [0.1, 0.15) is 5.75 Å². The van der Waals surface area contributed by atoms with E-state index in [1.54, 1.807) is 6.07 Å². The lowest BCUT2D eigenvalue weighted by Crippen LogP contribution is -2.20. The fourth-order valence-corrected chi connectivity index (χ4v) is 3.00. The van der Waals surface area contributed by atoms with Crippen LogP contribution >= 0.6 is 0 Å². The van der Waals surface area contributed by atoms with Crippen LogP contribution in [0.2, 0.25) is 0 Å². The second-order valence-electron chi connectivity index (χ2n) is 5.64. The van der Waals surface area contributed by atoms with E-state index < -0.39 is 12.5 Å². The molecule has 0 aromatic heterocycles. The van der Waals surface area contributed by atoms with E-state index in [2.05, 4.69) is 4.74 Å². The minimum Gasteiger partial charge on any atom is -0.405 e. The highest BCUT2D eigenvalue weighted by Crippen LogP contribution is 2.38. The van der Waals surface area contributed by atoms with E-state index >= 15 is 0 Å². The Bertz CT molecular complexity index is 437. The van der Waals surface area contributed by atoms with Crippen molar-refractivity contribution in [1.29, 1.82) is 0 Å². The maximum atomic E-state index is 12.4. The Morgan fingerprint density at radius 3 is 2.19 bits per heavy atom. The highest BCUT2D eigenvalue weighted by molar-refractivity contribution is 5.35. The van der Waals surface area contributed by atoms with Crippen molar-refractivity contribution >= 4 is 0 Å². The molecule has 1 atom stereocenters. The maximum Gasteiger partial charge on any atom is 0.573 e. The van der Waals surface area contributed by atoms with Crippen LogP contribution in [0.4, 0.5) is 13.2 Å². The molecule has 21 heavy (non-hydrogen) atoms. The smallest absolute Gasteiger partial charge is 0.405 e. The van der Waals surface area contributed by atoms with Crippen molar-refractivity contribution < 1.29 is 23.0 Å². The topological polar surface area (TPSA) is 29.5 Å². The van der Waals surface area contributed by atoms with Gasteiger partial charge >= 0.3 is 6.36 Å². The highest BCUT2D eigenvalue weighted by Gasteiger charge is 2.33. The van der Waals surface area contributed by atoms with Crippen molar-refractivity contribution in [2.45, 2.75) is 57.4 Å². The summed E-state index contributed by atoms with van der Waals surface area (Å²) < 4.78 is 41.4. The Labute approximate surface area is 122 Å². The summed E-state index contributed by atoms with van der Waals surface area (Å²) in [5, 5.41) is 10.5. The Kier molecular flexibility index (Phi) is 5.51. The molecule has 0 amide bonds. The standard InChI is InChI=1S/C16H21F3O2/c17-16(18,19)21-14-11-7-6-10-13(14)15(20)12-8-4-2-1-3-5-9-12/h6-7,10-12,15,20H,1-5,8-9H2. The first-order chi connectivity index (χ1) is 9.97. The molecule has 0 bridgehead atoms. The Morgan fingerprint density at radius 2 is 1.57 bits per heavy atom. The molecule has 0 spiro atoms. The number of halogens is 3. The van der Waals surface area contributed by atoms with E-state index in [1.807, 2.05) is 0 Å². The lowest BCUT2D eigenvalue weighted by atomic mass is 9.84. The van der Waals surface area contributed by atoms with Crippen LogP contribution in [0.5, 0.6) is 5.75 Å². The Morgan fingerprint density at radius 1 is 1.00 bits per heavy atom. The number of hydrogen-bond donors (Lipinski definition) is 1. The summed E-state index contributed by atoms with van der Waals surface area (Å²) in [6, 6.07) is 5.89. The fourth-order valence-electron chi connectivity index (χ4n) is 3.00. The van der Waals surface area contributed by atoms with E-state index in [9.17, 15) is 18.3 Å². The van der Waals surface area contributed by atoms with E-state index in [-0.39, 0.29) is 17.2 Å². The van der Waals surface area contributed by atoms with Gasteiger partial charge in [-0.1, -0.05) is 50.3 Å². The van der Waals surface area contributed by atoms with E-state index in [0.29, 0.717) is 0 Å². The number of benzene rings is 1. The van der Waals surface area contributed by atoms with Gasteiger partial charge in [0.15, 0.2) is 0 Å². The van der Waals surface area contributed by atoms with Gasteiger partial charge in [0.05, 0.1) is 6.10 Å². The van der Waals surface area contributed by atoms with Crippen molar-refractivity contribution in [2.75, 3.05) is 0 Å². The van der Waals surface area contributed by atoms with Crippen LogP contribution in [-0.2, 0) is 0 Å². The average Bonchev–Trinajstić information content (AvgIpc) is 2.36. The second kappa shape index (κ2) is 7.16. The molecule has 0 saturated heterocycles. The summed E-state index contributed by atoms with van der Waals surface area (Å²) in [4.78, 5) is 0. The summed E-state index contributed by atoms with van der Waals surface area (Å²) in [7, 11) is 0. The van der Waals surface area contributed by atoms with Gasteiger partial charge in [0.2, 0.25) is 0 Å². The van der Waals surface area contributed by atoms with E-state index in [1.165, 1.54) is 24.6 Å². The normalized spacial score (nSPS) is 19.6. The van der Waals surface area contributed by atoms with Crippen molar-refractivity contribution in [1.82, 2.24) is 0 Å². The van der Waals surface area contributed by atoms with Crippen LogP contribution in [0.15, 0.2) is 24.3 Å². The lowest BCUT2D eigenvalue weighted by molar-refractivity contribution is -0.275.